The van der Waals surface area contributed by atoms with E-state index in [1.807, 2.05) is 0 Å². The molecule has 1 N–H and O–H groups in total. The molecule has 3 atom stereocenters. The summed E-state index contributed by atoms with van der Waals surface area (Å²) in [5.41, 5.74) is 0. The van der Waals surface area contributed by atoms with Crippen LogP contribution in [0.25, 0.3) is 0 Å². The van der Waals surface area contributed by atoms with Gasteiger partial charge in [-0.05, 0) is 45.3 Å². The molecule has 0 aromatic heterocycles. The van der Waals surface area contributed by atoms with Gasteiger partial charge in [-0.3, -0.25) is 9.69 Å². The Labute approximate surface area is 104 Å². The SMILES string of the molecule is CC1CN(C2CCCN(C)CC2)CC1C(=O)O. The Bertz CT molecular complexity index is 283. The fourth-order valence-electron chi connectivity index (χ4n) is 3.21. The summed E-state index contributed by atoms with van der Waals surface area (Å²) >= 11 is 0. The number of carbonyl (C=O) groups is 1. The first-order valence-corrected chi connectivity index (χ1v) is 6.73. The number of rotatable bonds is 2. The molecule has 0 aromatic carbocycles. The molecule has 4 nitrogen and oxygen atoms in total. The highest BCUT2D eigenvalue weighted by molar-refractivity contribution is 5.71. The van der Waals surface area contributed by atoms with E-state index in [1.165, 1.54) is 25.8 Å². The van der Waals surface area contributed by atoms with Crippen LogP contribution >= 0.6 is 0 Å². The van der Waals surface area contributed by atoms with Crippen molar-refractivity contribution in [2.45, 2.75) is 32.2 Å². The highest BCUT2D eigenvalue weighted by Crippen LogP contribution is 2.28. The minimum Gasteiger partial charge on any atom is -0.481 e. The molecule has 0 saturated carbocycles. The monoisotopic (exact) mass is 240 g/mol. The van der Waals surface area contributed by atoms with Gasteiger partial charge in [0.25, 0.3) is 0 Å². The molecule has 0 radical (unpaired) electrons. The van der Waals surface area contributed by atoms with E-state index in [0.717, 1.165) is 19.6 Å². The van der Waals surface area contributed by atoms with Crippen LogP contribution in [0.3, 0.4) is 0 Å². The zero-order valence-electron chi connectivity index (χ0n) is 10.9. The number of hydrogen-bond donors (Lipinski definition) is 1. The molecule has 0 aliphatic carbocycles. The first-order valence-electron chi connectivity index (χ1n) is 6.73. The minimum atomic E-state index is -0.620. The third-order valence-electron chi connectivity index (χ3n) is 4.40. The molecule has 2 fully saturated rings. The second-order valence-corrected chi connectivity index (χ2v) is 5.76. The van der Waals surface area contributed by atoms with Gasteiger partial charge in [-0.25, -0.2) is 0 Å². The van der Waals surface area contributed by atoms with Crippen molar-refractivity contribution in [2.75, 3.05) is 33.2 Å². The molecule has 0 amide bonds. The standard InChI is InChI=1S/C13H24N2O2/c1-10-8-15(9-12(10)13(16)17)11-4-3-6-14(2)7-5-11/h10-12H,3-9H2,1-2H3,(H,16,17). The van der Waals surface area contributed by atoms with Crippen LogP contribution in [-0.2, 0) is 4.79 Å². The van der Waals surface area contributed by atoms with E-state index < -0.39 is 5.97 Å². The van der Waals surface area contributed by atoms with Crippen LogP contribution in [0.5, 0.6) is 0 Å². The fraction of sp³-hybridized carbons (Fsp3) is 0.923. The van der Waals surface area contributed by atoms with Gasteiger partial charge in [-0.2, -0.15) is 0 Å². The van der Waals surface area contributed by atoms with E-state index in [0.29, 0.717) is 12.0 Å². The lowest BCUT2D eigenvalue weighted by molar-refractivity contribution is -0.142. The van der Waals surface area contributed by atoms with E-state index in [9.17, 15) is 4.79 Å². The predicted molar refractivity (Wildman–Crippen MR) is 67.0 cm³/mol. The van der Waals surface area contributed by atoms with Gasteiger partial charge in [0.15, 0.2) is 0 Å². The van der Waals surface area contributed by atoms with Gasteiger partial charge in [0.2, 0.25) is 0 Å². The van der Waals surface area contributed by atoms with E-state index in [2.05, 4.69) is 23.8 Å². The molecule has 2 aliphatic rings. The Hall–Kier alpha value is -0.610. The van der Waals surface area contributed by atoms with Gasteiger partial charge in [-0.1, -0.05) is 6.92 Å². The van der Waals surface area contributed by atoms with Crippen molar-refractivity contribution in [3.63, 3.8) is 0 Å². The van der Waals surface area contributed by atoms with Gasteiger partial charge in [-0.15, -0.1) is 0 Å². The number of carboxylic acid groups (broad SMARTS) is 1. The van der Waals surface area contributed by atoms with Crippen LogP contribution in [0.2, 0.25) is 0 Å². The largest absolute Gasteiger partial charge is 0.481 e. The Kier molecular flexibility index (Phi) is 4.05. The highest BCUT2D eigenvalue weighted by Gasteiger charge is 2.37. The van der Waals surface area contributed by atoms with Crippen LogP contribution in [-0.4, -0.2) is 60.1 Å². The molecule has 17 heavy (non-hydrogen) atoms. The van der Waals surface area contributed by atoms with Gasteiger partial charge in [0.05, 0.1) is 5.92 Å². The van der Waals surface area contributed by atoms with Gasteiger partial charge in [0, 0.05) is 19.1 Å². The Balaban J connectivity index is 1.93. The van der Waals surface area contributed by atoms with Crippen molar-refractivity contribution >= 4 is 5.97 Å². The van der Waals surface area contributed by atoms with Crippen molar-refractivity contribution < 1.29 is 9.90 Å². The van der Waals surface area contributed by atoms with Crippen LogP contribution < -0.4 is 0 Å². The fourth-order valence-corrected chi connectivity index (χ4v) is 3.21. The third-order valence-corrected chi connectivity index (χ3v) is 4.40. The number of carboxylic acids is 1. The van der Waals surface area contributed by atoms with Crippen molar-refractivity contribution in [1.29, 1.82) is 0 Å². The van der Waals surface area contributed by atoms with Crippen molar-refractivity contribution in [3.05, 3.63) is 0 Å². The second-order valence-electron chi connectivity index (χ2n) is 5.76. The maximum Gasteiger partial charge on any atom is 0.308 e. The van der Waals surface area contributed by atoms with Crippen molar-refractivity contribution in [1.82, 2.24) is 9.80 Å². The van der Waals surface area contributed by atoms with Gasteiger partial charge >= 0.3 is 5.97 Å². The summed E-state index contributed by atoms with van der Waals surface area (Å²) in [6.45, 7) is 6.12. The average Bonchev–Trinajstić information content (AvgIpc) is 2.52. The summed E-state index contributed by atoms with van der Waals surface area (Å²) in [7, 11) is 2.18. The van der Waals surface area contributed by atoms with E-state index in [4.69, 9.17) is 5.11 Å². The molecule has 3 unspecified atom stereocenters. The topological polar surface area (TPSA) is 43.8 Å². The summed E-state index contributed by atoms with van der Waals surface area (Å²) in [5.74, 6) is -0.477. The summed E-state index contributed by atoms with van der Waals surface area (Å²) in [4.78, 5) is 15.9. The third kappa shape index (κ3) is 2.99. The van der Waals surface area contributed by atoms with Crippen LogP contribution in [0.1, 0.15) is 26.2 Å². The normalized spacial score (nSPS) is 36.9. The molecule has 98 valence electrons. The zero-order valence-corrected chi connectivity index (χ0v) is 10.9. The summed E-state index contributed by atoms with van der Waals surface area (Å²) in [6, 6.07) is 0.603. The molecule has 0 aromatic rings. The first kappa shape index (κ1) is 12.8. The quantitative estimate of drug-likeness (QED) is 0.785. The molecular formula is C13H24N2O2. The van der Waals surface area contributed by atoms with Gasteiger partial charge in [0.1, 0.15) is 0 Å². The Morgan fingerprint density at radius 2 is 2.00 bits per heavy atom. The molecule has 0 spiro atoms. The number of aliphatic carboxylic acids is 1. The van der Waals surface area contributed by atoms with Crippen LogP contribution in [0, 0.1) is 11.8 Å². The molecule has 2 heterocycles. The zero-order chi connectivity index (χ0) is 12.4. The summed E-state index contributed by atoms with van der Waals surface area (Å²) in [6.07, 6.45) is 3.66. The molecular weight excluding hydrogens is 216 g/mol. The van der Waals surface area contributed by atoms with Crippen LogP contribution in [0.4, 0.5) is 0 Å². The minimum absolute atomic E-state index is 0.156. The van der Waals surface area contributed by atoms with E-state index in [1.54, 1.807) is 0 Å². The molecule has 2 rings (SSSR count). The number of likely N-dealkylation sites (tertiary alicyclic amines) is 2. The number of hydrogen-bond acceptors (Lipinski definition) is 3. The Morgan fingerprint density at radius 3 is 2.65 bits per heavy atom. The van der Waals surface area contributed by atoms with Crippen LogP contribution in [0.15, 0.2) is 0 Å². The first-order chi connectivity index (χ1) is 8.08. The average molecular weight is 240 g/mol. The lowest BCUT2D eigenvalue weighted by Crippen LogP contribution is -2.35. The Morgan fingerprint density at radius 1 is 1.24 bits per heavy atom. The molecule has 2 aliphatic heterocycles. The molecule has 2 saturated heterocycles. The molecule has 4 heteroatoms. The second kappa shape index (κ2) is 5.36. The van der Waals surface area contributed by atoms with E-state index >= 15 is 0 Å². The van der Waals surface area contributed by atoms with Crippen molar-refractivity contribution in [2.24, 2.45) is 11.8 Å². The molecule has 0 bridgehead atoms. The van der Waals surface area contributed by atoms with E-state index in [-0.39, 0.29) is 5.92 Å². The van der Waals surface area contributed by atoms with Crippen molar-refractivity contribution in [3.8, 4) is 0 Å². The number of nitrogens with zero attached hydrogens (tertiary/aromatic N) is 2. The maximum atomic E-state index is 11.1. The maximum absolute atomic E-state index is 11.1. The predicted octanol–water partition coefficient (Wildman–Crippen LogP) is 1.12. The summed E-state index contributed by atoms with van der Waals surface area (Å²) < 4.78 is 0. The lowest BCUT2D eigenvalue weighted by atomic mass is 9.99. The smallest absolute Gasteiger partial charge is 0.308 e. The summed E-state index contributed by atoms with van der Waals surface area (Å²) in [5, 5.41) is 9.16. The highest BCUT2D eigenvalue weighted by atomic mass is 16.4. The van der Waals surface area contributed by atoms with Gasteiger partial charge < -0.3 is 10.0 Å². The lowest BCUT2D eigenvalue weighted by Gasteiger charge is -2.26.